The van der Waals surface area contributed by atoms with Crippen molar-refractivity contribution in [3.8, 4) is 16.9 Å². The van der Waals surface area contributed by atoms with Crippen LogP contribution in [0, 0.1) is 27.7 Å². The Balaban J connectivity index is 2.67. The first-order valence-electron chi connectivity index (χ1n) is 6.54. The van der Waals surface area contributed by atoms with Gasteiger partial charge in [-0.2, -0.15) is 0 Å². The second-order valence-corrected chi connectivity index (χ2v) is 5.05. The summed E-state index contributed by atoms with van der Waals surface area (Å²) >= 11 is 0. The quantitative estimate of drug-likeness (QED) is 0.837. The average molecular weight is 255 g/mol. The van der Waals surface area contributed by atoms with Crippen molar-refractivity contribution in [1.29, 1.82) is 0 Å². The Morgan fingerprint density at radius 2 is 1.37 bits per heavy atom. The van der Waals surface area contributed by atoms with E-state index in [1.165, 1.54) is 5.56 Å². The predicted octanol–water partition coefficient (Wildman–Crippen LogP) is 4.33. The monoisotopic (exact) mass is 255 g/mol. The highest BCUT2D eigenvalue weighted by Crippen LogP contribution is 2.37. The first kappa shape index (κ1) is 13.5. The zero-order valence-electron chi connectivity index (χ0n) is 12.3. The summed E-state index contributed by atoms with van der Waals surface area (Å²) in [6.07, 6.45) is 0. The van der Waals surface area contributed by atoms with Crippen LogP contribution in [-0.4, -0.2) is 12.2 Å². The van der Waals surface area contributed by atoms with Gasteiger partial charge in [-0.1, -0.05) is 12.1 Å². The number of benzene rings is 2. The maximum absolute atomic E-state index is 10.2. The van der Waals surface area contributed by atoms with Crippen LogP contribution in [0.1, 0.15) is 22.3 Å². The second-order valence-electron chi connectivity index (χ2n) is 5.05. The van der Waals surface area contributed by atoms with E-state index in [2.05, 4.69) is 43.4 Å². The van der Waals surface area contributed by atoms with Crippen molar-refractivity contribution < 1.29 is 5.11 Å². The molecule has 0 atom stereocenters. The molecule has 2 N–H and O–H groups in total. The molecule has 0 unspecified atom stereocenters. The zero-order chi connectivity index (χ0) is 14.2. The number of hydrogen-bond acceptors (Lipinski definition) is 2. The number of rotatable bonds is 2. The van der Waals surface area contributed by atoms with Gasteiger partial charge in [0.05, 0.1) is 0 Å². The first-order valence-corrected chi connectivity index (χ1v) is 6.54. The van der Waals surface area contributed by atoms with Gasteiger partial charge in [-0.25, -0.2) is 0 Å². The molecule has 0 bridgehead atoms. The third-order valence-corrected chi connectivity index (χ3v) is 4.05. The lowest BCUT2D eigenvalue weighted by molar-refractivity contribution is 0.466. The highest BCUT2D eigenvalue weighted by molar-refractivity contribution is 5.76. The molecule has 2 heteroatoms. The SMILES string of the molecule is CNc1ccc(-c2c(C)c(C)c(C)c(O)c2C)cc1. The van der Waals surface area contributed by atoms with Crippen molar-refractivity contribution >= 4 is 5.69 Å². The number of hydrogen-bond donors (Lipinski definition) is 2. The van der Waals surface area contributed by atoms with Crippen molar-refractivity contribution in [2.45, 2.75) is 27.7 Å². The van der Waals surface area contributed by atoms with Gasteiger partial charge in [-0.05, 0) is 73.2 Å². The first-order chi connectivity index (χ1) is 8.97. The van der Waals surface area contributed by atoms with E-state index in [0.29, 0.717) is 5.75 Å². The van der Waals surface area contributed by atoms with E-state index in [9.17, 15) is 5.11 Å². The smallest absolute Gasteiger partial charge is 0.122 e. The molecule has 2 rings (SSSR count). The number of aromatic hydroxyl groups is 1. The lowest BCUT2D eigenvalue weighted by Crippen LogP contribution is -1.96. The summed E-state index contributed by atoms with van der Waals surface area (Å²) in [6, 6.07) is 8.30. The van der Waals surface area contributed by atoms with Gasteiger partial charge in [0.15, 0.2) is 0 Å². The molecule has 2 aromatic rings. The molecule has 2 aromatic carbocycles. The van der Waals surface area contributed by atoms with Crippen LogP contribution in [0.3, 0.4) is 0 Å². The van der Waals surface area contributed by atoms with Crippen LogP contribution in [0.4, 0.5) is 5.69 Å². The van der Waals surface area contributed by atoms with Crippen molar-refractivity contribution in [2.24, 2.45) is 0 Å². The fourth-order valence-electron chi connectivity index (χ4n) is 2.56. The molecule has 0 fully saturated rings. The van der Waals surface area contributed by atoms with E-state index in [0.717, 1.165) is 33.5 Å². The minimum absolute atomic E-state index is 0.413. The standard InChI is InChI=1S/C17H21NO/c1-10-11(2)16(13(4)17(19)12(10)3)14-6-8-15(18-5)9-7-14/h6-9,18-19H,1-5H3. The molecule has 0 aromatic heterocycles. The van der Waals surface area contributed by atoms with E-state index < -0.39 is 0 Å². The van der Waals surface area contributed by atoms with E-state index in [-0.39, 0.29) is 0 Å². The van der Waals surface area contributed by atoms with Gasteiger partial charge < -0.3 is 10.4 Å². The summed E-state index contributed by atoms with van der Waals surface area (Å²) in [5, 5.41) is 13.4. The minimum Gasteiger partial charge on any atom is -0.507 e. The Morgan fingerprint density at radius 3 is 1.89 bits per heavy atom. The molecule has 0 amide bonds. The minimum atomic E-state index is 0.413. The Bertz CT molecular complexity index is 583. The highest BCUT2D eigenvalue weighted by atomic mass is 16.3. The topological polar surface area (TPSA) is 32.3 Å². The van der Waals surface area contributed by atoms with Crippen molar-refractivity contribution in [1.82, 2.24) is 0 Å². The molecular formula is C17H21NO. The van der Waals surface area contributed by atoms with Crippen LogP contribution in [0.2, 0.25) is 0 Å². The number of anilines is 1. The van der Waals surface area contributed by atoms with E-state index in [1.54, 1.807) is 0 Å². The molecule has 100 valence electrons. The van der Waals surface area contributed by atoms with Crippen LogP contribution in [-0.2, 0) is 0 Å². The Labute approximate surface area is 115 Å². The van der Waals surface area contributed by atoms with Gasteiger partial charge in [0.1, 0.15) is 5.75 Å². The predicted molar refractivity (Wildman–Crippen MR) is 82.0 cm³/mol. The third kappa shape index (κ3) is 2.19. The molecule has 2 nitrogen and oxygen atoms in total. The molecule has 0 radical (unpaired) electrons. The molecule has 0 aliphatic heterocycles. The molecular weight excluding hydrogens is 234 g/mol. The maximum atomic E-state index is 10.2. The summed E-state index contributed by atoms with van der Waals surface area (Å²) in [5.74, 6) is 0.413. The molecule has 19 heavy (non-hydrogen) atoms. The fourth-order valence-corrected chi connectivity index (χ4v) is 2.56. The Hall–Kier alpha value is -1.96. The Kier molecular flexibility index (Phi) is 3.52. The number of phenolic OH excluding ortho intramolecular Hbond substituents is 1. The van der Waals surface area contributed by atoms with Gasteiger partial charge in [0, 0.05) is 12.7 Å². The Morgan fingerprint density at radius 1 is 0.789 bits per heavy atom. The van der Waals surface area contributed by atoms with Gasteiger partial charge in [0.2, 0.25) is 0 Å². The van der Waals surface area contributed by atoms with Crippen molar-refractivity contribution in [2.75, 3.05) is 12.4 Å². The van der Waals surface area contributed by atoms with Gasteiger partial charge in [0.25, 0.3) is 0 Å². The molecule has 0 spiro atoms. The lowest BCUT2D eigenvalue weighted by Gasteiger charge is -2.17. The summed E-state index contributed by atoms with van der Waals surface area (Å²) in [5.41, 5.74) is 7.71. The molecule has 0 heterocycles. The van der Waals surface area contributed by atoms with E-state index >= 15 is 0 Å². The summed E-state index contributed by atoms with van der Waals surface area (Å²) in [7, 11) is 1.91. The van der Waals surface area contributed by atoms with Gasteiger partial charge in [-0.3, -0.25) is 0 Å². The van der Waals surface area contributed by atoms with Gasteiger partial charge >= 0.3 is 0 Å². The molecule has 0 saturated heterocycles. The lowest BCUT2D eigenvalue weighted by atomic mass is 9.89. The van der Waals surface area contributed by atoms with Crippen molar-refractivity contribution in [3.05, 3.63) is 46.5 Å². The van der Waals surface area contributed by atoms with Crippen LogP contribution < -0.4 is 5.32 Å². The summed E-state index contributed by atoms with van der Waals surface area (Å²) < 4.78 is 0. The fraction of sp³-hybridized carbons (Fsp3) is 0.294. The van der Waals surface area contributed by atoms with Crippen LogP contribution in [0.25, 0.3) is 11.1 Å². The summed E-state index contributed by atoms with van der Waals surface area (Å²) in [4.78, 5) is 0. The maximum Gasteiger partial charge on any atom is 0.122 e. The van der Waals surface area contributed by atoms with E-state index in [1.807, 2.05) is 20.9 Å². The van der Waals surface area contributed by atoms with Crippen LogP contribution in [0.5, 0.6) is 5.75 Å². The average Bonchev–Trinajstić information content (AvgIpc) is 2.44. The normalized spacial score (nSPS) is 10.6. The van der Waals surface area contributed by atoms with Crippen LogP contribution in [0.15, 0.2) is 24.3 Å². The third-order valence-electron chi connectivity index (χ3n) is 4.05. The van der Waals surface area contributed by atoms with E-state index in [4.69, 9.17) is 0 Å². The largest absolute Gasteiger partial charge is 0.507 e. The second kappa shape index (κ2) is 4.96. The summed E-state index contributed by atoms with van der Waals surface area (Å²) in [6.45, 7) is 8.14. The zero-order valence-corrected chi connectivity index (χ0v) is 12.3. The number of phenols is 1. The molecule has 0 aliphatic rings. The molecule has 0 saturated carbocycles. The highest BCUT2D eigenvalue weighted by Gasteiger charge is 2.15. The van der Waals surface area contributed by atoms with Crippen LogP contribution >= 0.6 is 0 Å². The molecule has 0 aliphatic carbocycles. The van der Waals surface area contributed by atoms with Crippen molar-refractivity contribution in [3.63, 3.8) is 0 Å². The van der Waals surface area contributed by atoms with Gasteiger partial charge in [-0.15, -0.1) is 0 Å². The number of nitrogens with one attached hydrogen (secondary N) is 1.